The van der Waals surface area contributed by atoms with Gasteiger partial charge in [-0.05, 0) is 31.0 Å². The molecule has 0 amide bonds. The van der Waals surface area contributed by atoms with Crippen LogP contribution in [0, 0.1) is 0 Å². The third-order valence-corrected chi connectivity index (χ3v) is 4.26. The Morgan fingerprint density at radius 1 is 1.45 bits per heavy atom. The van der Waals surface area contributed by atoms with Crippen LogP contribution in [-0.2, 0) is 24.2 Å². The number of fused-ring (bicyclic) bond motifs is 1. The molecule has 0 radical (unpaired) electrons. The second kappa shape index (κ2) is 5.05. The van der Waals surface area contributed by atoms with Gasteiger partial charge in [-0.2, -0.15) is 0 Å². The lowest BCUT2D eigenvalue weighted by Crippen LogP contribution is -2.37. The largest absolute Gasteiger partial charge is 0.481 e. The van der Waals surface area contributed by atoms with E-state index in [9.17, 15) is 9.59 Å². The van der Waals surface area contributed by atoms with Crippen molar-refractivity contribution in [1.29, 1.82) is 0 Å². The number of carboxylic acids is 1. The van der Waals surface area contributed by atoms with Crippen LogP contribution in [-0.4, -0.2) is 33.6 Å². The molecule has 108 valence electrons. The number of aromatic nitrogens is 1. The molecule has 1 aliphatic carbocycles. The van der Waals surface area contributed by atoms with Gasteiger partial charge in [0.2, 0.25) is 0 Å². The highest BCUT2D eigenvalue weighted by Crippen LogP contribution is 2.36. The molecular formula is C15H20N2O3. The van der Waals surface area contributed by atoms with Gasteiger partial charge in [-0.3, -0.25) is 14.5 Å². The van der Waals surface area contributed by atoms with Crippen LogP contribution in [0.25, 0.3) is 0 Å². The minimum absolute atomic E-state index is 0.0846. The number of rotatable bonds is 4. The van der Waals surface area contributed by atoms with Gasteiger partial charge in [0.05, 0.1) is 6.42 Å². The van der Waals surface area contributed by atoms with E-state index in [1.807, 2.05) is 10.6 Å². The maximum absolute atomic E-state index is 12.5. The summed E-state index contributed by atoms with van der Waals surface area (Å²) in [6.45, 7) is 4.91. The molecule has 3 rings (SSSR count). The van der Waals surface area contributed by atoms with Crippen LogP contribution in [0.3, 0.4) is 0 Å². The first-order valence-electron chi connectivity index (χ1n) is 7.30. The predicted molar refractivity (Wildman–Crippen MR) is 75.0 cm³/mol. The zero-order valence-corrected chi connectivity index (χ0v) is 11.8. The van der Waals surface area contributed by atoms with Gasteiger partial charge in [0.25, 0.3) is 5.56 Å². The summed E-state index contributed by atoms with van der Waals surface area (Å²) in [5.74, 6) is -0.937. The zero-order chi connectivity index (χ0) is 14.3. The van der Waals surface area contributed by atoms with E-state index >= 15 is 0 Å². The number of nitrogens with zero attached hydrogens (tertiary/aromatic N) is 2. The Morgan fingerprint density at radius 3 is 2.80 bits per heavy atom. The average molecular weight is 276 g/mol. The van der Waals surface area contributed by atoms with Crippen LogP contribution in [0.5, 0.6) is 0 Å². The highest BCUT2D eigenvalue weighted by atomic mass is 16.4. The Kier molecular flexibility index (Phi) is 3.38. The molecule has 0 atom stereocenters. The third-order valence-electron chi connectivity index (χ3n) is 4.26. The minimum atomic E-state index is -0.937. The van der Waals surface area contributed by atoms with Crippen LogP contribution in [0.1, 0.15) is 42.6 Å². The fourth-order valence-electron chi connectivity index (χ4n) is 3.07. The van der Waals surface area contributed by atoms with E-state index in [-0.39, 0.29) is 12.0 Å². The molecule has 5 heteroatoms. The van der Waals surface area contributed by atoms with Gasteiger partial charge in [0.15, 0.2) is 0 Å². The number of likely N-dealkylation sites (N-methyl/N-ethyl adjacent to an activating group) is 1. The van der Waals surface area contributed by atoms with Crippen molar-refractivity contribution in [3.63, 3.8) is 0 Å². The normalized spacial score (nSPS) is 18.9. The molecule has 1 saturated carbocycles. The SMILES string of the molecule is CCN1CCc2c(cc(CC(=O)O)c(=O)n2C2CC2)C1. The van der Waals surface area contributed by atoms with Gasteiger partial charge in [-0.15, -0.1) is 0 Å². The Balaban J connectivity index is 2.08. The Labute approximate surface area is 117 Å². The highest BCUT2D eigenvalue weighted by molar-refractivity contribution is 5.70. The molecule has 1 aromatic rings. The molecule has 1 aromatic heterocycles. The number of carboxylic acid groups (broad SMARTS) is 1. The quantitative estimate of drug-likeness (QED) is 0.897. The van der Waals surface area contributed by atoms with Gasteiger partial charge in [0, 0.05) is 36.8 Å². The van der Waals surface area contributed by atoms with Crippen LogP contribution < -0.4 is 5.56 Å². The topological polar surface area (TPSA) is 62.5 Å². The van der Waals surface area contributed by atoms with Crippen LogP contribution in [0.15, 0.2) is 10.9 Å². The van der Waals surface area contributed by atoms with Gasteiger partial charge >= 0.3 is 5.97 Å². The fraction of sp³-hybridized carbons (Fsp3) is 0.600. The number of hydrogen-bond acceptors (Lipinski definition) is 3. The first-order valence-corrected chi connectivity index (χ1v) is 7.30. The summed E-state index contributed by atoms with van der Waals surface area (Å²) < 4.78 is 1.89. The van der Waals surface area contributed by atoms with Crippen molar-refractivity contribution in [3.8, 4) is 0 Å². The van der Waals surface area contributed by atoms with Crippen LogP contribution >= 0.6 is 0 Å². The van der Waals surface area contributed by atoms with Crippen molar-refractivity contribution >= 4 is 5.97 Å². The van der Waals surface area contributed by atoms with Crippen molar-refractivity contribution in [1.82, 2.24) is 9.47 Å². The number of pyridine rings is 1. The van der Waals surface area contributed by atoms with Crippen molar-refractivity contribution < 1.29 is 9.90 Å². The monoisotopic (exact) mass is 276 g/mol. The van der Waals surface area contributed by atoms with Crippen molar-refractivity contribution in [2.75, 3.05) is 13.1 Å². The molecule has 1 N–H and O–H groups in total. The smallest absolute Gasteiger partial charge is 0.308 e. The second-order valence-electron chi connectivity index (χ2n) is 5.74. The lowest BCUT2D eigenvalue weighted by molar-refractivity contribution is -0.136. The van der Waals surface area contributed by atoms with Gasteiger partial charge in [-0.25, -0.2) is 0 Å². The van der Waals surface area contributed by atoms with E-state index in [1.54, 1.807) is 0 Å². The molecule has 0 spiro atoms. The standard InChI is InChI=1S/C15H20N2O3/c1-2-16-6-5-13-11(9-16)7-10(8-14(18)19)15(20)17(13)12-3-4-12/h7,12H,2-6,8-9H2,1H3,(H,18,19). The summed E-state index contributed by atoms with van der Waals surface area (Å²) in [4.78, 5) is 25.8. The summed E-state index contributed by atoms with van der Waals surface area (Å²) in [5, 5.41) is 8.98. The summed E-state index contributed by atoms with van der Waals surface area (Å²) in [7, 11) is 0. The first-order chi connectivity index (χ1) is 9.60. The molecule has 0 saturated heterocycles. The molecule has 0 aromatic carbocycles. The number of hydrogen-bond donors (Lipinski definition) is 1. The molecular weight excluding hydrogens is 256 g/mol. The predicted octanol–water partition coefficient (Wildman–Crippen LogP) is 1.19. The molecule has 1 aliphatic heterocycles. The first kappa shape index (κ1) is 13.4. The summed E-state index contributed by atoms with van der Waals surface area (Å²) in [6.07, 6.45) is 2.80. The zero-order valence-electron chi connectivity index (χ0n) is 11.8. The highest BCUT2D eigenvalue weighted by Gasteiger charge is 2.31. The minimum Gasteiger partial charge on any atom is -0.481 e. The molecule has 2 heterocycles. The van der Waals surface area contributed by atoms with Crippen LogP contribution in [0.4, 0.5) is 0 Å². The maximum Gasteiger partial charge on any atom is 0.308 e. The lowest BCUT2D eigenvalue weighted by Gasteiger charge is -2.30. The van der Waals surface area contributed by atoms with E-state index in [2.05, 4.69) is 11.8 Å². The van der Waals surface area contributed by atoms with Crippen molar-refractivity contribution in [3.05, 3.63) is 33.2 Å². The maximum atomic E-state index is 12.5. The third kappa shape index (κ3) is 2.38. The Bertz CT molecular complexity index is 602. The Hall–Kier alpha value is -1.62. The van der Waals surface area contributed by atoms with Crippen molar-refractivity contribution in [2.45, 2.75) is 45.2 Å². The summed E-state index contributed by atoms with van der Waals surface area (Å²) in [6, 6.07) is 2.13. The van der Waals surface area contributed by atoms with Crippen LogP contribution in [0.2, 0.25) is 0 Å². The molecule has 0 bridgehead atoms. The summed E-state index contributed by atoms with van der Waals surface area (Å²) in [5.41, 5.74) is 2.62. The average Bonchev–Trinajstić information content (AvgIpc) is 3.23. The van der Waals surface area contributed by atoms with E-state index in [4.69, 9.17) is 5.11 Å². The molecule has 2 aliphatic rings. The molecule has 20 heavy (non-hydrogen) atoms. The molecule has 1 fully saturated rings. The molecule has 0 unspecified atom stereocenters. The number of carbonyl (C=O) groups is 1. The van der Waals surface area contributed by atoms with E-state index in [0.717, 1.165) is 50.2 Å². The lowest BCUT2D eigenvalue weighted by atomic mass is 10.0. The number of aliphatic carboxylic acids is 1. The van der Waals surface area contributed by atoms with E-state index in [1.165, 1.54) is 0 Å². The van der Waals surface area contributed by atoms with Gasteiger partial charge in [0.1, 0.15) is 0 Å². The van der Waals surface area contributed by atoms with E-state index in [0.29, 0.717) is 11.6 Å². The second-order valence-corrected chi connectivity index (χ2v) is 5.74. The van der Waals surface area contributed by atoms with Gasteiger partial charge in [-0.1, -0.05) is 6.92 Å². The van der Waals surface area contributed by atoms with Crippen molar-refractivity contribution in [2.24, 2.45) is 0 Å². The molecule has 5 nitrogen and oxygen atoms in total. The van der Waals surface area contributed by atoms with E-state index < -0.39 is 5.97 Å². The van der Waals surface area contributed by atoms with Gasteiger partial charge < -0.3 is 9.67 Å². The Morgan fingerprint density at radius 2 is 2.20 bits per heavy atom. The fourth-order valence-corrected chi connectivity index (χ4v) is 3.07. The summed E-state index contributed by atoms with van der Waals surface area (Å²) >= 11 is 0.